The third kappa shape index (κ3) is 4.73. The first-order chi connectivity index (χ1) is 14.7. The Morgan fingerprint density at radius 1 is 1.20 bits per heavy atom. The van der Waals surface area contributed by atoms with Crippen molar-refractivity contribution in [3.8, 4) is 11.1 Å². The molecule has 7 heteroatoms. The molecule has 1 aromatic carbocycles. The lowest BCUT2D eigenvalue weighted by Crippen LogP contribution is -2.14. The van der Waals surface area contributed by atoms with Gasteiger partial charge in [-0.15, -0.1) is 0 Å². The maximum Gasteiger partial charge on any atom is 0.224 e. The van der Waals surface area contributed by atoms with Gasteiger partial charge >= 0.3 is 0 Å². The topological polar surface area (TPSA) is 85.8 Å². The number of unbranched alkanes of at least 4 members (excludes halogenated alkanes) is 1. The maximum atomic E-state index is 11.5. The molecule has 1 aliphatic rings. The van der Waals surface area contributed by atoms with Crippen molar-refractivity contribution < 1.29 is 4.21 Å². The van der Waals surface area contributed by atoms with Gasteiger partial charge in [0.05, 0.1) is 4.90 Å². The number of anilines is 1. The van der Waals surface area contributed by atoms with Crippen molar-refractivity contribution in [3.05, 3.63) is 36.7 Å². The van der Waals surface area contributed by atoms with E-state index in [9.17, 15) is 4.21 Å². The molecule has 1 fully saturated rings. The zero-order chi connectivity index (χ0) is 20.9. The second-order valence-electron chi connectivity index (χ2n) is 8.23. The molecule has 0 saturated heterocycles. The average Bonchev–Trinajstić information content (AvgIpc) is 3.12. The maximum absolute atomic E-state index is 11.5. The van der Waals surface area contributed by atoms with Gasteiger partial charge in [0.25, 0.3) is 0 Å². The fourth-order valence-electron chi connectivity index (χ4n) is 4.32. The summed E-state index contributed by atoms with van der Waals surface area (Å²) >= 11 is 0. The average molecular weight is 426 g/mol. The first-order valence-corrected chi connectivity index (χ1v) is 12.2. The number of hydrogen-bond acceptors (Lipinski definition) is 4. The summed E-state index contributed by atoms with van der Waals surface area (Å²) < 4.78 is 13.8. The summed E-state index contributed by atoms with van der Waals surface area (Å²) in [7, 11) is -1.47. The molecular formula is C23H31N5OS. The Balaban J connectivity index is 1.70. The van der Waals surface area contributed by atoms with Crippen LogP contribution in [0.15, 0.2) is 41.6 Å². The largest absolute Gasteiger partial charge is 0.354 e. The van der Waals surface area contributed by atoms with Crippen molar-refractivity contribution in [1.29, 1.82) is 0 Å². The van der Waals surface area contributed by atoms with Crippen molar-refractivity contribution in [1.82, 2.24) is 14.5 Å². The highest BCUT2D eigenvalue weighted by Gasteiger charge is 2.18. The molecule has 30 heavy (non-hydrogen) atoms. The SMILES string of the molecule is CCCCNc1ncc2c(-c3ccc(S(N)=O)cc3)cn(CC3CCCCC3)c2n1. The Bertz CT molecular complexity index is 1010. The molecule has 3 aromatic rings. The minimum atomic E-state index is -1.47. The van der Waals surface area contributed by atoms with E-state index in [1.54, 1.807) is 0 Å². The van der Waals surface area contributed by atoms with Gasteiger partial charge < -0.3 is 9.88 Å². The zero-order valence-corrected chi connectivity index (χ0v) is 18.5. The summed E-state index contributed by atoms with van der Waals surface area (Å²) in [6, 6.07) is 7.62. The lowest BCUT2D eigenvalue weighted by molar-refractivity contribution is 0.322. The molecule has 3 N–H and O–H groups in total. The van der Waals surface area contributed by atoms with Crippen molar-refractivity contribution in [2.24, 2.45) is 11.1 Å². The smallest absolute Gasteiger partial charge is 0.224 e. The monoisotopic (exact) mass is 425 g/mol. The van der Waals surface area contributed by atoms with Crippen LogP contribution in [0.1, 0.15) is 51.9 Å². The molecule has 0 bridgehead atoms. The second-order valence-corrected chi connectivity index (χ2v) is 9.30. The van der Waals surface area contributed by atoms with E-state index in [1.807, 2.05) is 30.5 Å². The summed E-state index contributed by atoms with van der Waals surface area (Å²) in [4.78, 5) is 10.1. The molecule has 0 aliphatic heterocycles. The first-order valence-electron chi connectivity index (χ1n) is 11.0. The van der Waals surface area contributed by atoms with Crippen LogP contribution in [0.4, 0.5) is 5.95 Å². The van der Waals surface area contributed by atoms with Gasteiger partial charge in [-0.05, 0) is 42.9 Å². The van der Waals surface area contributed by atoms with E-state index >= 15 is 0 Å². The van der Waals surface area contributed by atoms with Crippen molar-refractivity contribution in [2.75, 3.05) is 11.9 Å². The highest BCUT2D eigenvalue weighted by atomic mass is 32.2. The van der Waals surface area contributed by atoms with Crippen LogP contribution in [0, 0.1) is 5.92 Å². The van der Waals surface area contributed by atoms with Crippen molar-refractivity contribution in [2.45, 2.75) is 63.3 Å². The van der Waals surface area contributed by atoms with Gasteiger partial charge in [0.2, 0.25) is 5.95 Å². The van der Waals surface area contributed by atoms with E-state index in [1.165, 1.54) is 32.1 Å². The number of rotatable bonds is 8. The first kappa shape index (κ1) is 21.0. The predicted octanol–water partition coefficient (Wildman–Crippen LogP) is 4.87. The Kier molecular flexibility index (Phi) is 6.79. The summed E-state index contributed by atoms with van der Waals surface area (Å²) in [6.45, 7) is 4.06. The number of aromatic nitrogens is 3. The number of nitrogens with one attached hydrogen (secondary N) is 1. The van der Waals surface area contributed by atoms with Gasteiger partial charge in [-0.2, -0.15) is 4.98 Å². The van der Waals surface area contributed by atoms with Crippen LogP contribution in [0.25, 0.3) is 22.2 Å². The summed E-state index contributed by atoms with van der Waals surface area (Å²) in [6.07, 6.45) is 13.0. The fraction of sp³-hybridized carbons (Fsp3) is 0.478. The predicted molar refractivity (Wildman–Crippen MR) is 124 cm³/mol. The lowest BCUT2D eigenvalue weighted by atomic mass is 9.89. The Morgan fingerprint density at radius 3 is 2.67 bits per heavy atom. The van der Waals surface area contributed by atoms with E-state index in [4.69, 9.17) is 10.1 Å². The zero-order valence-electron chi connectivity index (χ0n) is 17.6. The Morgan fingerprint density at radius 2 is 1.97 bits per heavy atom. The third-order valence-electron chi connectivity index (χ3n) is 6.01. The van der Waals surface area contributed by atoms with E-state index in [2.05, 4.69) is 28.0 Å². The number of fused-ring (bicyclic) bond motifs is 1. The van der Waals surface area contributed by atoms with E-state index in [0.717, 1.165) is 48.1 Å². The Hall–Kier alpha value is -2.25. The van der Waals surface area contributed by atoms with Gasteiger partial charge in [-0.3, -0.25) is 0 Å². The molecule has 1 unspecified atom stereocenters. The van der Waals surface area contributed by atoms with Crippen LogP contribution < -0.4 is 10.5 Å². The van der Waals surface area contributed by atoms with Crippen LogP contribution in [-0.2, 0) is 17.5 Å². The molecule has 0 radical (unpaired) electrons. The van der Waals surface area contributed by atoms with Crippen molar-refractivity contribution >= 4 is 28.0 Å². The van der Waals surface area contributed by atoms with Gasteiger partial charge in [0.15, 0.2) is 0 Å². The van der Waals surface area contributed by atoms with Gasteiger partial charge in [0, 0.05) is 36.4 Å². The van der Waals surface area contributed by atoms with Crippen LogP contribution >= 0.6 is 0 Å². The van der Waals surface area contributed by atoms with Gasteiger partial charge in [-0.1, -0.05) is 44.7 Å². The van der Waals surface area contributed by atoms with E-state index in [-0.39, 0.29) is 0 Å². The minimum absolute atomic E-state index is 0.628. The third-order valence-corrected chi connectivity index (χ3v) is 6.74. The second kappa shape index (κ2) is 9.71. The minimum Gasteiger partial charge on any atom is -0.354 e. The normalized spacial score (nSPS) is 16.1. The number of benzene rings is 1. The van der Waals surface area contributed by atoms with Crippen LogP contribution in [0.2, 0.25) is 0 Å². The van der Waals surface area contributed by atoms with Crippen LogP contribution in [0.3, 0.4) is 0 Å². The van der Waals surface area contributed by atoms with Crippen LogP contribution in [0.5, 0.6) is 0 Å². The molecule has 2 aromatic heterocycles. The standard InChI is InChI=1S/C23H31N5OS/c1-2-3-13-25-23-26-14-20-21(18-9-11-19(12-10-18)30(24)29)16-28(22(20)27-23)15-17-7-5-4-6-8-17/h9-12,14,16-17H,2-8,13,15,24H2,1H3,(H,25,26,27). The molecule has 0 spiro atoms. The summed E-state index contributed by atoms with van der Waals surface area (Å²) in [5.74, 6) is 1.40. The molecular weight excluding hydrogens is 394 g/mol. The Labute approximate surface area is 180 Å². The molecule has 6 nitrogen and oxygen atoms in total. The van der Waals surface area contributed by atoms with Gasteiger partial charge in [-0.25, -0.2) is 14.3 Å². The quantitative estimate of drug-likeness (QED) is 0.504. The van der Waals surface area contributed by atoms with E-state index < -0.39 is 11.0 Å². The highest BCUT2D eigenvalue weighted by Crippen LogP contribution is 2.33. The van der Waals surface area contributed by atoms with E-state index in [0.29, 0.717) is 16.8 Å². The molecule has 160 valence electrons. The lowest BCUT2D eigenvalue weighted by Gasteiger charge is -2.22. The molecule has 0 amide bonds. The molecule has 1 atom stereocenters. The summed E-state index contributed by atoms with van der Waals surface area (Å²) in [5, 5.41) is 9.91. The summed E-state index contributed by atoms with van der Waals surface area (Å²) in [5.41, 5.74) is 3.15. The number of nitrogens with zero attached hydrogens (tertiary/aromatic N) is 3. The number of nitrogens with two attached hydrogens (primary N) is 1. The molecule has 2 heterocycles. The fourth-order valence-corrected chi connectivity index (χ4v) is 4.72. The van der Waals surface area contributed by atoms with Crippen LogP contribution in [-0.4, -0.2) is 25.3 Å². The van der Waals surface area contributed by atoms with Crippen molar-refractivity contribution in [3.63, 3.8) is 0 Å². The number of hydrogen-bond donors (Lipinski definition) is 2. The van der Waals surface area contributed by atoms with Gasteiger partial charge in [0.1, 0.15) is 16.6 Å². The molecule has 1 aliphatic carbocycles. The molecule has 4 rings (SSSR count). The highest BCUT2D eigenvalue weighted by molar-refractivity contribution is 7.82. The molecule has 1 saturated carbocycles.